The molecule has 0 saturated heterocycles. The fraction of sp³-hybridized carbons (Fsp3) is 0.632. The van der Waals surface area contributed by atoms with E-state index in [1.165, 1.54) is 12.8 Å². The van der Waals surface area contributed by atoms with Gasteiger partial charge in [0.1, 0.15) is 5.75 Å². The van der Waals surface area contributed by atoms with E-state index in [-0.39, 0.29) is 12.3 Å². The largest absolute Gasteiger partial charge is 0.434 e. The normalized spacial score (nSPS) is 14.6. The number of alkyl halides is 2. The Labute approximate surface area is 154 Å². The summed E-state index contributed by atoms with van der Waals surface area (Å²) in [5.41, 5.74) is 1.61. The molecule has 0 amide bonds. The lowest BCUT2D eigenvalue weighted by molar-refractivity contribution is -0.0504. The molecule has 26 heavy (non-hydrogen) atoms. The molecule has 0 unspecified atom stereocenters. The summed E-state index contributed by atoms with van der Waals surface area (Å²) in [7, 11) is 0. The Morgan fingerprint density at radius 3 is 2.81 bits per heavy atom. The van der Waals surface area contributed by atoms with Crippen LogP contribution in [0.5, 0.6) is 5.75 Å². The lowest BCUT2D eigenvalue weighted by Crippen LogP contribution is -2.38. The van der Waals surface area contributed by atoms with Crippen LogP contribution in [0.4, 0.5) is 8.78 Å². The van der Waals surface area contributed by atoms with Gasteiger partial charge in [0.15, 0.2) is 5.96 Å². The van der Waals surface area contributed by atoms with E-state index >= 15 is 0 Å². The first kappa shape index (κ1) is 20.4. The summed E-state index contributed by atoms with van der Waals surface area (Å²) >= 11 is 0. The second-order valence-electron chi connectivity index (χ2n) is 6.48. The summed E-state index contributed by atoms with van der Waals surface area (Å²) in [6, 6.07) is 5.12. The highest BCUT2D eigenvalue weighted by atomic mass is 19.3. The topological polar surface area (TPSA) is 54.9 Å². The van der Waals surface area contributed by atoms with E-state index in [1.54, 1.807) is 12.1 Å². The van der Waals surface area contributed by atoms with Crippen LogP contribution in [0.1, 0.15) is 37.3 Å². The highest BCUT2D eigenvalue weighted by molar-refractivity contribution is 5.79. The van der Waals surface area contributed by atoms with Crippen LogP contribution in [0.25, 0.3) is 0 Å². The van der Waals surface area contributed by atoms with Gasteiger partial charge in [0.2, 0.25) is 0 Å². The van der Waals surface area contributed by atoms with Gasteiger partial charge in [-0.2, -0.15) is 8.78 Å². The Morgan fingerprint density at radius 1 is 1.31 bits per heavy atom. The molecule has 2 rings (SSSR count). The average Bonchev–Trinajstić information content (AvgIpc) is 3.41. The maximum atomic E-state index is 12.5. The van der Waals surface area contributed by atoms with Crippen LogP contribution in [0, 0.1) is 12.8 Å². The zero-order chi connectivity index (χ0) is 18.8. The Hall–Kier alpha value is -1.89. The summed E-state index contributed by atoms with van der Waals surface area (Å²) in [6.45, 7) is 4.36. The number of nitrogens with one attached hydrogen (secondary N) is 2. The van der Waals surface area contributed by atoms with Crippen LogP contribution in [-0.2, 0) is 11.3 Å². The summed E-state index contributed by atoms with van der Waals surface area (Å²) in [6.07, 6.45) is 3.48. The number of halogens is 2. The van der Waals surface area contributed by atoms with Crippen molar-refractivity contribution in [1.82, 2.24) is 10.6 Å². The van der Waals surface area contributed by atoms with Gasteiger partial charge in [-0.15, -0.1) is 0 Å². The van der Waals surface area contributed by atoms with Crippen molar-refractivity contribution in [3.05, 3.63) is 29.3 Å². The van der Waals surface area contributed by atoms with Crippen molar-refractivity contribution < 1.29 is 18.3 Å². The third kappa shape index (κ3) is 7.99. The second-order valence-corrected chi connectivity index (χ2v) is 6.48. The van der Waals surface area contributed by atoms with E-state index in [1.807, 2.05) is 19.9 Å². The van der Waals surface area contributed by atoms with Crippen molar-refractivity contribution >= 4 is 5.96 Å². The number of ether oxygens (including phenoxy) is 2. The molecule has 0 radical (unpaired) electrons. The highest BCUT2D eigenvalue weighted by Crippen LogP contribution is 2.28. The maximum Gasteiger partial charge on any atom is 0.387 e. The Bertz CT molecular complexity index is 578. The highest BCUT2D eigenvalue weighted by Gasteiger charge is 2.20. The lowest BCUT2D eigenvalue weighted by atomic mass is 10.1. The van der Waals surface area contributed by atoms with Crippen LogP contribution >= 0.6 is 0 Å². The summed E-state index contributed by atoms with van der Waals surface area (Å²) in [4.78, 5) is 4.48. The second kappa shape index (κ2) is 11.0. The van der Waals surface area contributed by atoms with E-state index in [0.29, 0.717) is 11.5 Å². The molecule has 0 spiro atoms. The fourth-order valence-electron chi connectivity index (χ4n) is 2.46. The Morgan fingerprint density at radius 2 is 2.12 bits per heavy atom. The molecule has 1 saturated carbocycles. The third-order valence-electron chi connectivity index (χ3n) is 3.99. The quantitative estimate of drug-likeness (QED) is 0.356. The summed E-state index contributed by atoms with van der Waals surface area (Å²) < 4.78 is 35.3. The summed E-state index contributed by atoms with van der Waals surface area (Å²) in [5, 5.41) is 6.40. The first-order valence-electron chi connectivity index (χ1n) is 9.22. The van der Waals surface area contributed by atoms with Crippen LogP contribution in [0.15, 0.2) is 23.2 Å². The monoisotopic (exact) mass is 369 g/mol. The minimum Gasteiger partial charge on any atom is -0.434 e. The first-order chi connectivity index (χ1) is 12.6. The van der Waals surface area contributed by atoms with Gasteiger partial charge in [0.25, 0.3) is 0 Å². The van der Waals surface area contributed by atoms with Crippen molar-refractivity contribution in [2.75, 3.05) is 26.3 Å². The zero-order valence-corrected chi connectivity index (χ0v) is 15.6. The van der Waals surface area contributed by atoms with Gasteiger partial charge in [0, 0.05) is 31.9 Å². The number of hydrogen-bond acceptors (Lipinski definition) is 3. The standard InChI is InChI=1S/C19H29F2N3O2/c1-3-22-19(23-9-4-10-25-13-15-6-7-15)24-12-16-11-14(2)5-8-17(16)26-18(20)21/h5,8,11,15,18H,3-4,6-7,9-10,12-13H2,1-2H3,(H2,22,23,24). The van der Waals surface area contributed by atoms with Gasteiger partial charge in [-0.3, -0.25) is 0 Å². The number of aryl methyl sites for hydroxylation is 1. The first-order valence-corrected chi connectivity index (χ1v) is 9.22. The van der Waals surface area contributed by atoms with Gasteiger partial charge < -0.3 is 20.1 Å². The van der Waals surface area contributed by atoms with E-state index in [2.05, 4.69) is 20.4 Å². The molecule has 0 bridgehead atoms. The van der Waals surface area contributed by atoms with Crippen LogP contribution in [0.3, 0.4) is 0 Å². The van der Waals surface area contributed by atoms with Gasteiger partial charge in [-0.25, -0.2) is 4.99 Å². The van der Waals surface area contributed by atoms with Crippen molar-refractivity contribution in [3.8, 4) is 5.75 Å². The van der Waals surface area contributed by atoms with E-state index in [9.17, 15) is 8.78 Å². The number of nitrogens with zero attached hydrogens (tertiary/aromatic N) is 1. The van der Waals surface area contributed by atoms with Crippen molar-refractivity contribution in [1.29, 1.82) is 0 Å². The molecular weight excluding hydrogens is 340 g/mol. The number of guanidine groups is 1. The van der Waals surface area contributed by atoms with Crippen molar-refractivity contribution in [2.45, 2.75) is 46.3 Å². The number of aliphatic imine (C=N–C) groups is 1. The molecule has 1 fully saturated rings. The fourth-order valence-corrected chi connectivity index (χ4v) is 2.46. The predicted molar refractivity (Wildman–Crippen MR) is 98.8 cm³/mol. The third-order valence-corrected chi connectivity index (χ3v) is 3.99. The molecule has 0 atom stereocenters. The molecule has 5 nitrogen and oxygen atoms in total. The molecule has 1 aliphatic carbocycles. The molecule has 0 aliphatic heterocycles. The van der Waals surface area contributed by atoms with E-state index in [4.69, 9.17) is 4.74 Å². The summed E-state index contributed by atoms with van der Waals surface area (Å²) in [5.74, 6) is 1.60. The molecule has 2 N–H and O–H groups in total. The average molecular weight is 369 g/mol. The molecular formula is C19H29F2N3O2. The lowest BCUT2D eigenvalue weighted by Gasteiger charge is -2.13. The molecule has 1 aliphatic rings. The molecule has 1 aromatic rings. The van der Waals surface area contributed by atoms with Gasteiger partial charge in [-0.1, -0.05) is 17.7 Å². The van der Waals surface area contributed by atoms with Gasteiger partial charge in [0.05, 0.1) is 6.54 Å². The van der Waals surface area contributed by atoms with E-state index in [0.717, 1.165) is 44.2 Å². The van der Waals surface area contributed by atoms with Gasteiger partial charge >= 0.3 is 6.61 Å². The van der Waals surface area contributed by atoms with Crippen LogP contribution in [-0.4, -0.2) is 38.9 Å². The zero-order valence-electron chi connectivity index (χ0n) is 15.6. The number of rotatable bonds is 11. The maximum absolute atomic E-state index is 12.5. The molecule has 1 aromatic carbocycles. The minimum absolute atomic E-state index is 0.165. The molecule has 0 aromatic heterocycles. The molecule has 7 heteroatoms. The predicted octanol–water partition coefficient (Wildman–Crippen LogP) is 3.47. The SMILES string of the molecule is CCNC(=NCc1cc(C)ccc1OC(F)F)NCCCOCC1CC1. The van der Waals surface area contributed by atoms with Crippen LogP contribution < -0.4 is 15.4 Å². The van der Waals surface area contributed by atoms with Crippen molar-refractivity contribution in [3.63, 3.8) is 0 Å². The molecule has 0 heterocycles. The molecule has 146 valence electrons. The Kier molecular flexibility index (Phi) is 8.61. The number of benzene rings is 1. The minimum atomic E-state index is -2.84. The van der Waals surface area contributed by atoms with Crippen LogP contribution in [0.2, 0.25) is 0 Å². The van der Waals surface area contributed by atoms with E-state index < -0.39 is 6.61 Å². The smallest absolute Gasteiger partial charge is 0.387 e. The van der Waals surface area contributed by atoms with Gasteiger partial charge in [-0.05, 0) is 45.1 Å². The number of hydrogen-bond donors (Lipinski definition) is 2. The van der Waals surface area contributed by atoms with Crippen molar-refractivity contribution in [2.24, 2.45) is 10.9 Å². The Balaban J connectivity index is 1.83.